The molecule has 0 saturated carbocycles. The molecule has 0 aliphatic carbocycles. The SMILES string of the molecule is OC[C@H]1OC(n2nnc3cc(Cl)c(Cl)cc32)[C@H](O)[C@@H]1O. The fourth-order valence-electron chi connectivity index (χ4n) is 2.20. The van der Waals surface area contributed by atoms with Gasteiger partial charge < -0.3 is 20.1 Å². The summed E-state index contributed by atoms with van der Waals surface area (Å²) in [5.41, 5.74) is 0.992. The minimum Gasteiger partial charge on any atom is -0.394 e. The van der Waals surface area contributed by atoms with E-state index in [0.717, 1.165) is 0 Å². The van der Waals surface area contributed by atoms with E-state index in [0.29, 0.717) is 21.1 Å². The summed E-state index contributed by atoms with van der Waals surface area (Å²) in [6, 6.07) is 3.10. The number of nitrogens with zero attached hydrogens (tertiary/aromatic N) is 3. The summed E-state index contributed by atoms with van der Waals surface area (Å²) in [7, 11) is 0. The summed E-state index contributed by atoms with van der Waals surface area (Å²) in [5.74, 6) is 0. The second kappa shape index (κ2) is 5.10. The van der Waals surface area contributed by atoms with Crippen LogP contribution in [-0.4, -0.2) is 55.2 Å². The van der Waals surface area contributed by atoms with E-state index in [1.165, 1.54) is 4.68 Å². The van der Waals surface area contributed by atoms with Gasteiger partial charge in [0.25, 0.3) is 0 Å². The maximum atomic E-state index is 9.98. The third-order valence-electron chi connectivity index (χ3n) is 3.27. The monoisotopic (exact) mass is 319 g/mol. The van der Waals surface area contributed by atoms with Crippen LogP contribution in [0.1, 0.15) is 6.23 Å². The van der Waals surface area contributed by atoms with Gasteiger partial charge in [-0.15, -0.1) is 5.10 Å². The predicted octanol–water partition coefficient (Wildman–Crippen LogP) is 0.350. The van der Waals surface area contributed by atoms with E-state index in [2.05, 4.69) is 10.3 Å². The smallest absolute Gasteiger partial charge is 0.181 e. The van der Waals surface area contributed by atoms with Gasteiger partial charge in [-0.05, 0) is 12.1 Å². The standard InChI is InChI=1S/C11H11Cl2N3O4/c12-4-1-6-7(2-5(4)13)16(15-14-6)11-10(19)9(18)8(3-17)20-11/h1-2,8-11,17-19H,3H2/t8-,9-,10-,11?/m1/s1. The predicted molar refractivity (Wildman–Crippen MR) is 70.6 cm³/mol. The van der Waals surface area contributed by atoms with Crippen molar-refractivity contribution in [3.05, 3.63) is 22.2 Å². The Balaban J connectivity index is 2.05. The molecule has 0 radical (unpaired) electrons. The first-order chi connectivity index (χ1) is 9.52. The summed E-state index contributed by atoms with van der Waals surface area (Å²) in [4.78, 5) is 0. The normalized spacial score (nSPS) is 30.2. The molecule has 9 heteroatoms. The molecule has 1 aromatic carbocycles. The van der Waals surface area contributed by atoms with Gasteiger partial charge in [0.05, 0.1) is 22.2 Å². The van der Waals surface area contributed by atoms with Crippen LogP contribution in [0.4, 0.5) is 0 Å². The van der Waals surface area contributed by atoms with E-state index in [1.807, 2.05) is 0 Å². The Morgan fingerprint density at radius 3 is 2.55 bits per heavy atom. The summed E-state index contributed by atoms with van der Waals surface area (Å²) in [6.45, 7) is -0.409. The zero-order chi connectivity index (χ0) is 14.4. The minimum absolute atomic E-state index is 0.314. The van der Waals surface area contributed by atoms with Gasteiger partial charge in [0.1, 0.15) is 23.8 Å². The van der Waals surface area contributed by atoms with Crippen molar-refractivity contribution in [3.63, 3.8) is 0 Å². The third-order valence-corrected chi connectivity index (χ3v) is 3.99. The molecule has 0 spiro atoms. The van der Waals surface area contributed by atoms with Crippen molar-refractivity contribution in [1.29, 1.82) is 0 Å². The van der Waals surface area contributed by atoms with Gasteiger partial charge in [-0.2, -0.15) is 0 Å². The summed E-state index contributed by atoms with van der Waals surface area (Å²) < 4.78 is 6.70. The van der Waals surface area contributed by atoms with Crippen LogP contribution in [0.15, 0.2) is 12.1 Å². The first-order valence-electron chi connectivity index (χ1n) is 5.85. The van der Waals surface area contributed by atoms with Gasteiger partial charge >= 0.3 is 0 Å². The Bertz CT molecular complexity index is 650. The van der Waals surface area contributed by atoms with Crippen LogP contribution in [0.25, 0.3) is 11.0 Å². The molecule has 1 aliphatic heterocycles. The number of ether oxygens (including phenoxy) is 1. The highest BCUT2D eigenvalue weighted by atomic mass is 35.5. The van der Waals surface area contributed by atoms with Crippen molar-refractivity contribution in [2.75, 3.05) is 6.61 Å². The molecule has 0 amide bonds. The van der Waals surface area contributed by atoms with Crippen molar-refractivity contribution < 1.29 is 20.1 Å². The molecule has 2 aromatic rings. The van der Waals surface area contributed by atoms with Crippen LogP contribution in [-0.2, 0) is 4.74 Å². The fraction of sp³-hybridized carbons (Fsp3) is 0.455. The number of aliphatic hydroxyl groups is 3. The van der Waals surface area contributed by atoms with E-state index >= 15 is 0 Å². The maximum absolute atomic E-state index is 9.98. The highest BCUT2D eigenvalue weighted by Gasteiger charge is 2.44. The lowest BCUT2D eigenvalue weighted by molar-refractivity contribution is -0.0572. The zero-order valence-electron chi connectivity index (χ0n) is 10.0. The van der Waals surface area contributed by atoms with Crippen LogP contribution < -0.4 is 0 Å². The first-order valence-corrected chi connectivity index (χ1v) is 6.61. The van der Waals surface area contributed by atoms with Crippen LogP contribution in [0.2, 0.25) is 10.0 Å². The highest BCUT2D eigenvalue weighted by molar-refractivity contribution is 6.42. The summed E-state index contributed by atoms with van der Waals surface area (Å²) in [6.07, 6.45) is -4.26. The van der Waals surface area contributed by atoms with Gasteiger partial charge in [0.15, 0.2) is 6.23 Å². The third kappa shape index (κ3) is 2.07. The van der Waals surface area contributed by atoms with E-state index in [9.17, 15) is 10.2 Å². The molecular weight excluding hydrogens is 309 g/mol. The molecule has 2 heterocycles. The molecule has 0 bridgehead atoms. The van der Waals surface area contributed by atoms with Gasteiger partial charge in [-0.1, -0.05) is 28.4 Å². The summed E-state index contributed by atoms with van der Waals surface area (Å²) in [5, 5.41) is 37.3. The molecule has 3 rings (SSSR count). The molecule has 1 aliphatic rings. The molecule has 1 fully saturated rings. The second-order valence-corrected chi connectivity index (χ2v) is 5.33. The molecule has 20 heavy (non-hydrogen) atoms. The Morgan fingerprint density at radius 1 is 1.20 bits per heavy atom. The van der Waals surface area contributed by atoms with E-state index in [4.69, 9.17) is 33.0 Å². The van der Waals surface area contributed by atoms with Crippen LogP contribution in [0.3, 0.4) is 0 Å². The van der Waals surface area contributed by atoms with E-state index < -0.39 is 31.1 Å². The molecule has 1 saturated heterocycles. The van der Waals surface area contributed by atoms with Crippen LogP contribution in [0.5, 0.6) is 0 Å². The largest absolute Gasteiger partial charge is 0.394 e. The molecular formula is C11H11Cl2N3O4. The number of fused-ring (bicyclic) bond motifs is 1. The molecule has 1 aromatic heterocycles. The highest BCUT2D eigenvalue weighted by Crippen LogP contribution is 2.33. The van der Waals surface area contributed by atoms with Gasteiger partial charge in [0, 0.05) is 0 Å². The Hall–Kier alpha value is -0.960. The average molecular weight is 320 g/mol. The Morgan fingerprint density at radius 2 is 1.90 bits per heavy atom. The number of benzene rings is 1. The molecule has 7 nitrogen and oxygen atoms in total. The van der Waals surface area contributed by atoms with Gasteiger partial charge in [-0.25, -0.2) is 4.68 Å². The minimum atomic E-state index is -1.23. The zero-order valence-corrected chi connectivity index (χ0v) is 11.5. The van der Waals surface area contributed by atoms with Gasteiger partial charge in [0.2, 0.25) is 0 Å². The number of halogens is 2. The van der Waals surface area contributed by atoms with E-state index in [-0.39, 0.29) is 0 Å². The number of hydrogen-bond donors (Lipinski definition) is 3. The lowest BCUT2D eigenvalue weighted by Crippen LogP contribution is -2.33. The first kappa shape index (κ1) is 14.0. The molecule has 1 unspecified atom stereocenters. The Labute approximate surface area is 123 Å². The second-order valence-electron chi connectivity index (χ2n) is 4.52. The van der Waals surface area contributed by atoms with Crippen molar-refractivity contribution in [2.45, 2.75) is 24.5 Å². The number of aromatic nitrogens is 3. The average Bonchev–Trinajstić information content (AvgIpc) is 2.94. The van der Waals surface area contributed by atoms with Crippen LogP contribution >= 0.6 is 23.2 Å². The van der Waals surface area contributed by atoms with Crippen molar-refractivity contribution in [3.8, 4) is 0 Å². The Kier molecular flexibility index (Phi) is 3.57. The lowest BCUT2D eigenvalue weighted by atomic mass is 10.1. The maximum Gasteiger partial charge on any atom is 0.181 e. The van der Waals surface area contributed by atoms with Crippen LogP contribution in [0, 0.1) is 0 Å². The van der Waals surface area contributed by atoms with Gasteiger partial charge in [-0.3, -0.25) is 0 Å². The topological polar surface area (TPSA) is 101 Å². The number of aliphatic hydroxyl groups excluding tert-OH is 3. The fourth-order valence-corrected chi connectivity index (χ4v) is 2.52. The molecule has 108 valence electrons. The quantitative estimate of drug-likeness (QED) is 0.738. The molecule has 4 atom stereocenters. The van der Waals surface area contributed by atoms with E-state index in [1.54, 1.807) is 12.1 Å². The van der Waals surface area contributed by atoms with Crippen molar-refractivity contribution >= 4 is 34.2 Å². The lowest BCUT2D eigenvalue weighted by Gasteiger charge is -2.15. The summed E-state index contributed by atoms with van der Waals surface area (Å²) >= 11 is 11.8. The molecule has 3 N–H and O–H groups in total. The van der Waals surface area contributed by atoms with Crippen molar-refractivity contribution in [1.82, 2.24) is 15.0 Å². The number of hydrogen-bond acceptors (Lipinski definition) is 6. The van der Waals surface area contributed by atoms with Crippen molar-refractivity contribution in [2.24, 2.45) is 0 Å². The number of rotatable bonds is 2.